The van der Waals surface area contributed by atoms with Crippen molar-refractivity contribution in [3.8, 4) is 6.01 Å². The molecule has 2 N–H and O–H groups in total. The lowest BCUT2D eigenvalue weighted by Gasteiger charge is -2.26. The number of aryl methyl sites for hydroxylation is 2. The van der Waals surface area contributed by atoms with Crippen LogP contribution >= 0.6 is 0 Å². The Bertz CT molecular complexity index is 1320. The molecule has 1 saturated heterocycles. The number of nitrogens with one attached hydrogen (secondary N) is 2. The Kier molecular flexibility index (Phi) is 6.80. The summed E-state index contributed by atoms with van der Waals surface area (Å²) < 4.78 is 11.3. The van der Waals surface area contributed by atoms with Crippen LogP contribution < -0.4 is 15.1 Å². The van der Waals surface area contributed by atoms with Gasteiger partial charge < -0.3 is 19.4 Å². The fraction of sp³-hybridized carbons (Fsp3) is 0.320. The summed E-state index contributed by atoms with van der Waals surface area (Å²) in [7, 11) is 0. The van der Waals surface area contributed by atoms with Gasteiger partial charge in [0, 0.05) is 48.0 Å². The summed E-state index contributed by atoms with van der Waals surface area (Å²) >= 11 is 0. The quantitative estimate of drug-likeness (QED) is 0.297. The van der Waals surface area contributed by atoms with Gasteiger partial charge in [-0.05, 0) is 49.7 Å². The van der Waals surface area contributed by atoms with Gasteiger partial charge in [-0.1, -0.05) is 6.07 Å². The minimum absolute atomic E-state index is 0.263. The Labute approximate surface area is 203 Å². The van der Waals surface area contributed by atoms with Crippen molar-refractivity contribution in [3.05, 3.63) is 65.4 Å². The fourth-order valence-electron chi connectivity index (χ4n) is 3.88. The van der Waals surface area contributed by atoms with E-state index in [-0.39, 0.29) is 6.01 Å². The van der Waals surface area contributed by atoms with Gasteiger partial charge in [-0.25, -0.2) is 0 Å². The molecule has 1 fully saturated rings. The molecule has 1 aliphatic heterocycles. The molecule has 35 heavy (non-hydrogen) atoms. The lowest BCUT2D eigenvalue weighted by molar-refractivity contribution is 0.122. The number of anilines is 2. The van der Waals surface area contributed by atoms with Crippen molar-refractivity contribution >= 4 is 28.8 Å². The van der Waals surface area contributed by atoms with Gasteiger partial charge in [0.25, 0.3) is 0 Å². The van der Waals surface area contributed by atoms with Crippen LogP contribution in [0.3, 0.4) is 0 Å². The average Bonchev–Trinajstić information content (AvgIpc) is 3.18. The Balaban J connectivity index is 1.32. The maximum atomic E-state index is 5.86. The van der Waals surface area contributed by atoms with E-state index >= 15 is 0 Å². The number of ether oxygens (including phenoxy) is 2. The van der Waals surface area contributed by atoms with Crippen LogP contribution in [0, 0.1) is 13.8 Å². The summed E-state index contributed by atoms with van der Waals surface area (Å²) in [6, 6.07) is 12.2. The number of aromatic amines is 1. The lowest BCUT2D eigenvalue weighted by Crippen LogP contribution is -2.37. The van der Waals surface area contributed by atoms with E-state index in [9.17, 15) is 0 Å². The third kappa shape index (κ3) is 5.55. The van der Waals surface area contributed by atoms with Gasteiger partial charge in [-0.2, -0.15) is 20.1 Å². The monoisotopic (exact) mass is 472 g/mol. The number of H-pyrrole nitrogens is 1. The summed E-state index contributed by atoms with van der Waals surface area (Å²) in [5.74, 6) is 0.967. The van der Waals surface area contributed by atoms with Gasteiger partial charge in [-0.3, -0.25) is 10.4 Å². The molecule has 0 amide bonds. The molecule has 1 aromatic carbocycles. The normalized spacial score (nSPS) is 14.1. The van der Waals surface area contributed by atoms with Crippen LogP contribution in [0.1, 0.15) is 22.8 Å². The van der Waals surface area contributed by atoms with Crippen molar-refractivity contribution in [2.75, 3.05) is 43.2 Å². The number of hydrogen-bond acceptors (Lipinski definition) is 9. The van der Waals surface area contributed by atoms with E-state index in [1.54, 1.807) is 12.4 Å². The number of aromatic nitrogens is 5. The molecule has 0 radical (unpaired) electrons. The molecular weight excluding hydrogens is 444 g/mol. The highest BCUT2D eigenvalue weighted by Crippen LogP contribution is 2.24. The first-order valence-electron chi connectivity index (χ1n) is 11.7. The van der Waals surface area contributed by atoms with Crippen molar-refractivity contribution in [3.63, 3.8) is 0 Å². The Hall–Kier alpha value is -4.05. The number of benzene rings is 1. The second kappa shape index (κ2) is 10.5. The van der Waals surface area contributed by atoms with E-state index in [2.05, 4.69) is 60.3 Å². The van der Waals surface area contributed by atoms with Crippen molar-refractivity contribution in [2.45, 2.75) is 20.3 Å². The summed E-state index contributed by atoms with van der Waals surface area (Å²) in [5, 5.41) is 5.53. The first-order valence-corrected chi connectivity index (χ1v) is 11.7. The topological polar surface area (TPSA) is 113 Å². The van der Waals surface area contributed by atoms with Gasteiger partial charge in [0.15, 0.2) is 5.82 Å². The molecule has 0 spiro atoms. The molecule has 0 saturated carbocycles. The van der Waals surface area contributed by atoms with Crippen LogP contribution in [0.2, 0.25) is 0 Å². The molecule has 180 valence electrons. The van der Waals surface area contributed by atoms with Crippen LogP contribution in [-0.2, 0) is 11.2 Å². The smallest absolute Gasteiger partial charge is 0.321 e. The first-order chi connectivity index (χ1) is 17.2. The molecule has 5 rings (SSSR count). The number of nitrogens with zero attached hydrogens (tertiary/aromatic N) is 6. The lowest BCUT2D eigenvalue weighted by atomic mass is 10.1. The summed E-state index contributed by atoms with van der Waals surface area (Å²) in [5.41, 5.74) is 8.41. The Morgan fingerprint density at radius 2 is 2.03 bits per heavy atom. The minimum Gasteiger partial charge on any atom is -0.463 e. The molecule has 0 aliphatic carbocycles. The predicted molar refractivity (Wildman–Crippen MR) is 135 cm³/mol. The zero-order valence-electron chi connectivity index (χ0n) is 19.9. The van der Waals surface area contributed by atoms with E-state index < -0.39 is 0 Å². The number of hydrazone groups is 1. The number of pyridine rings is 1. The van der Waals surface area contributed by atoms with Crippen LogP contribution in [0.4, 0.5) is 11.6 Å². The molecule has 1 aliphatic rings. The number of rotatable bonds is 8. The van der Waals surface area contributed by atoms with Gasteiger partial charge in [0.1, 0.15) is 0 Å². The third-order valence-electron chi connectivity index (χ3n) is 5.91. The van der Waals surface area contributed by atoms with E-state index in [1.165, 1.54) is 10.9 Å². The van der Waals surface area contributed by atoms with Gasteiger partial charge >= 0.3 is 6.01 Å². The van der Waals surface area contributed by atoms with E-state index in [4.69, 9.17) is 9.47 Å². The number of morpholine rings is 1. The molecule has 0 bridgehead atoms. The number of fused-ring (bicyclic) bond motifs is 1. The fourth-order valence-corrected chi connectivity index (χ4v) is 3.88. The van der Waals surface area contributed by atoms with Crippen LogP contribution in [-0.4, -0.2) is 64.0 Å². The van der Waals surface area contributed by atoms with Gasteiger partial charge in [0.2, 0.25) is 5.95 Å². The SMILES string of the molecule is Cc1[nH]c2ccc(N/N=C/c3nc(OCCc4ccccn4)nc(N4CCOCC4)n3)cc2c1C. The molecule has 3 aromatic heterocycles. The second-order valence-corrected chi connectivity index (χ2v) is 8.30. The zero-order valence-corrected chi connectivity index (χ0v) is 19.9. The van der Waals surface area contributed by atoms with E-state index in [0.29, 0.717) is 51.1 Å². The van der Waals surface area contributed by atoms with E-state index in [0.717, 1.165) is 22.6 Å². The van der Waals surface area contributed by atoms with Crippen molar-refractivity contribution in [1.82, 2.24) is 24.9 Å². The van der Waals surface area contributed by atoms with Crippen molar-refractivity contribution < 1.29 is 9.47 Å². The van der Waals surface area contributed by atoms with Crippen LogP contribution in [0.15, 0.2) is 47.7 Å². The Morgan fingerprint density at radius 3 is 2.86 bits per heavy atom. The number of hydrogen-bond donors (Lipinski definition) is 2. The summed E-state index contributed by atoms with van der Waals surface area (Å²) in [6.07, 6.45) is 4.01. The van der Waals surface area contributed by atoms with Crippen LogP contribution in [0.5, 0.6) is 6.01 Å². The summed E-state index contributed by atoms with van der Waals surface area (Å²) in [6.45, 7) is 7.27. The molecule has 10 nitrogen and oxygen atoms in total. The highest BCUT2D eigenvalue weighted by Gasteiger charge is 2.17. The van der Waals surface area contributed by atoms with Crippen molar-refractivity contribution in [2.24, 2.45) is 5.10 Å². The highest BCUT2D eigenvalue weighted by molar-refractivity contribution is 5.87. The third-order valence-corrected chi connectivity index (χ3v) is 5.91. The van der Waals surface area contributed by atoms with Crippen molar-refractivity contribution in [1.29, 1.82) is 0 Å². The molecule has 4 heterocycles. The molecule has 4 aromatic rings. The Morgan fingerprint density at radius 1 is 1.14 bits per heavy atom. The minimum atomic E-state index is 0.263. The highest BCUT2D eigenvalue weighted by atomic mass is 16.5. The maximum absolute atomic E-state index is 5.86. The average molecular weight is 473 g/mol. The molecule has 10 heteroatoms. The van der Waals surface area contributed by atoms with Gasteiger partial charge in [0.05, 0.1) is 31.7 Å². The standard InChI is InChI=1S/C25H28N8O2/c1-17-18(2)28-22-7-6-20(15-21(17)22)32-27-16-23-29-24(33-10-13-34-14-11-33)31-25(30-23)35-12-8-19-5-3-4-9-26-19/h3-7,9,15-16,28,32H,8,10-14H2,1-2H3/b27-16+. The molecule has 0 unspecified atom stereocenters. The maximum Gasteiger partial charge on any atom is 0.321 e. The predicted octanol–water partition coefficient (Wildman–Crippen LogP) is 3.27. The summed E-state index contributed by atoms with van der Waals surface area (Å²) in [4.78, 5) is 23.3. The zero-order chi connectivity index (χ0) is 24.0. The first kappa shape index (κ1) is 22.7. The van der Waals surface area contributed by atoms with Crippen LogP contribution in [0.25, 0.3) is 10.9 Å². The second-order valence-electron chi connectivity index (χ2n) is 8.30. The van der Waals surface area contributed by atoms with Gasteiger partial charge in [-0.15, -0.1) is 0 Å². The largest absolute Gasteiger partial charge is 0.463 e. The molecular formula is C25H28N8O2. The molecule has 0 atom stereocenters. The van der Waals surface area contributed by atoms with E-state index in [1.807, 2.05) is 30.3 Å².